The molecule has 0 saturated heterocycles. The average Bonchev–Trinajstić information content (AvgIpc) is 2.87. The minimum Gasteiger partial charge on any atom is -0.461 e. The van der Waals surface area contributed by atoms with Crippen LogP contribution in [0.4, 0.5) is 6.01 Å². The van der Waals surface area contributed by atoms with Crippen molar-refractivity contribution < 1.29 is 18.7 Å². The number of amides is 1. The molecule has 0 aliphatic carbocycles. The molecule has 0 saturated carbocycles. The Hall–Kier alpha value is -2.05. The number of nitrogens with one attached hydrogen (secondary N) is 1. The molecule has 1 amide bonds. The van der Waals surface area contributed by atoms with Gasteiger partial charge >= 0.3 is 5.97 Å². The molecule has 1 rings (SSSR count). The molecular weight excluding hydrogens is 250 g/mol. The number of ether oxygens (including phenoxy) is 1. The molecule has 0 aromatic carbocycles. The third kappa shape index (κ3) is 4.27. The standard InChI is InChI=1S/C12H19N3O4/c1-4-15(5-2)10(16)7-13-12-14-9(8-19-12)11(17)18-6-3/h8H,4-7H2,1-3H3,(H,13,14). The van der Waals surface area contributed by atoms with Crippen LogP contribution in [-0.4, -0.2) is 48.0 Å². The van der Waals surface area contributed by atoms with Gasteiger partial charge in [-0.05, 0) is 20.8 Å². The summed E-state index contributed by atoms with van der Waals surface area (Å²) in [4.78, 5) is 28.6. The summed E-state index contributed by atoms with van der Waals surface area (Å²) in [6.45, 7) is 7.17. The second-order valence-electron chi connectivity index (χ2n) is 3.68. The number of anilines is 1. The molecule has 1 heterocycles. The molecule has 106 valence electrons. The summed E-state index contributed by atoms with van der Waals surface area (Å²) in [6.07, 6.45) is 1.20. The van der Waals surface area contributed by atoms with Gasteiger partial charge in [-0.2, -0.15) is 4.98 Å². The predicted octanol–water partition coefficient (Wildman–Crippen LogP) is 1.13. The number of carbonyl (C=O) groups excluding carboxylic acids is 2. The first-order chi connectivity index (χ1) is 9.12. The van der Waals surface area contributed by atoms with E-state index in [1.165, 1.54) is 6.26 Å². The second-order valence-corrected chi connectivity index (χ2v) is 3.68. The Morgan fingerprint density at radius 2 is 2.05 bits per heavy atom. The van der Waals surface area contributed by atoms with Crippen molar-refractivity contribution in [3.63, 3.8) is 0 Å². The molecule has 0 aliphatic heterocycles. The lowest BCUT2D eigenvalue weighted by Crippen LogP contribution is -2.35. The first-order valence-corrected chi connectivity index (χ1v) is 6.26. The van der Waals surface area contributed by atoms with Gasteiger partial charge in [0.05, 0.1) is 13.2 Å². The van der Waals surface area contributed by atoms with Crippen LogP contribution < -0.4 is 5.32 Å². The fraction of sp³-hybridized carbons (Fsp3) is 0.583. The molecular formula is C12H19N3O4. The number of hydrogen-bond acceptors (Lipinski definition) is 6. The maximum Gasteiger partial charge on any atom is 0.360 e. The highest BCUT2D eigenvalue weighted by Crippen LogP contribution is 2.08. The number of esters is 1. The molecule has 1 aromatic rings. The van der Waals surface area contributed by atoms with E-state index in [1.807, 2.05) is 13.8 Å². The topological polar surface area (TPSA) is 84.7 Å². The van der Waals surface area contributed by atoms with Crippen LogP contribution in [0.2, 0.25) is 0 Å². The summed E-state index contributed by atoms with van der Waals surface area (Å²) in [5.74, 6) is -0.602. The quantitative estimate of drug-likeness (QED) is 0.747. The van der Waals surface area contributed by atoms with Crippen LogP contribution in [0.25, 0.3) is 0 Å². The molecule has 19 heavy (non-hydrogen) atoms. The number of oxazole rings is 1. The van der Waals surface area contributed by atoms with E-state index in [0.717, 1.165) is 0 Å². The van der Waals surface area contributed by atoms with Gasteiger partial charge in [0.25, 0.3) is 6.01 Å². The van der Waals surface area contributed by atoms with Gasteiger partial charge in [0.2, 0.25) is 5.91 Å². The predicted molar refractivity (Wildman–Crippen MR) is 68.9 cm³/mol. The van der Waals surface area contributed by atoms with Gasteiger partial charge in [-0.3, -0.25) is 4.79 Å². The van der Waals surface area contributed by atoms with Gasteiger partial charge in [-0.25, -0.2) is 4.79 Å². The highest BCUT2D eigenvalue weighted by molar-refractivity contribution is 5.87. The van der Waals surface area contributed by atoms with Gasteiger partial charge in [0.1, 0.15) is 6.26 Å². The highest BCUT2D eigenvalue weighted by atomic mass is 16.5. The third-order valence-corrected chi connectivity index (χ3v) is 2.50. The van der Waals surface area contributed by atoms with E-state index < -0.39 is 5.97 Å². The van der Waals surface area contributed by atoms with E-state index >= 15 is 0 Å². The maximum atomic E-state index is 11.7. The van der Waals surface area contributed by atoms with Crippen molar-refractivity contribution in [2.24, 2.45) is 0 Å². The summed E-state index contributed by atoms with van der Waals surface area (Å²) >= 11 is 0. The van der Waals surface area contributed by atoms with Crippen LogP contribution in [0.1, 0.15) is 31.3 Å². The Labute approximate surface area is 111 Å². The van der Waals surface area contributed by atoms with Crippen LogP contribution in [-0.2, 0) is 9.53 Å². The molecule has 0 fully saturated rings. The maximum absolute atomic E-state index is 11.7. The van der Waals surface area contributed by atoms with Crippen LogP contribution in [0, 0.1) is 0 Å². The lowest BCUT2D eigenvalue weighted by molar-refractivity contribution is -0.128. The van der Waals surface area contributed by atoms with Crippen molar-refractivity contribution in [3.8, 4) is 0 Å². The van der Waals surface area contributed by atoms with Crippen molar-refractivity contribution in [3.05, 3.63) is 12.0 Å². The summed E-state index contributed by atoms with van der Waals surface area (Å²) in [7, 11) is 0. The van der Waals surface area contributed by atoms with Gasteiger partial charge < -0.3 is 19.4 Å². The fourth-order valence-electron chi connectivity index (χ4n) is 1.49. The molecule has 0 bridgehead atoms. The minimum atomic E-state index is -0.547. The molecule has 0 unspecified atom stereocenters. The van der Waals surface area contributed by atoms with E-state index in [4.69, 9.17) is 9.15 Å². The Bertz CT molecular complexity index is 426. The van der Waals surface area contributed by atoms with Gasteiger partial charge in [-0.1, -0.05) is 0 Å². The number of likely N-dealkylation sites (N-methyl/N-ethyl adjacent to an activating group) is 1. The largest absolute Gasteiger partial charge is 0.461 e. The summed E-state index contributed by atoms with van der Waals surface area (Å²) in [5.41, 5.74) is 0.0830. The van der Waals surface area contributed by atoms with Crippen LogP contribution in [0.5, 0.6) is 0 Å². The SMILES string of the molecule is CCOC(=O)c1coc(NCC(=O)N(CC)CC)n1. The normalized spacial score (nSPS) is 10.1. The number of rotatable bonds is 7. The van der Waals surface area contributed by atoms with Gasteiger partial charge in [0, 0.05) is 13.1 Å². The zero-order chi connectivity index (χ0) is 14.3. The van der Waals surface area contributed by atoms with Crippen LogP contribution in [0.3, 0.4) is 0 Å². The van der Waals surface area contributed by atoms with E-state index in [-0.39, 0.29) is 30.8 Å². The Morgan fingerprint density at radius 3 is 2.63 bits per heavy atom. The third-order valence-electron chi connectivity index (χ3n) is 2.50. The molecule has 1 aromatic heterocycles. The van der Waals surface area contributed by atoms with Crippen molar-refractivity contribution in [1.29, 1.82) is 0 Å². The zero-order valence-corrected chi connectivity index (χ0v) is 11.4. The van der Waals surface area contributed by atoms with E-state index in [2.05, 4.69) is 10.3 Å². The number of nitrogens with zero attached hydrogens (tertiary/aromatic N) is 2. The van der Waals surface area contributed by atoms with E-state index in [9.17, 15) is 9.59 Å². The van der Waals surface area contributed by atoms with Crippen LogP contribution in [0.15, 0.2) is 10.7 Å². The summed E-state index contributed by atoms with van der Waals surface area (Å²) < 4.78 is 9.81. The molecule has 0 aliphatic rings. The Kier molecular flexibility index (Phi) is 5.84. The summed E-state index contributed by atoms with van der Waals surface area (Å²) in [6, 6.07) is 0.128. The lowest BCUT2D eigenvalue weighted by atomic mass is 10.4. The smallest absolute Gasteiger partial charge is 0.360 e. The monoisotopic (exact) mass is 269 g/mol. The Morgan fingerprint density at radius 1 is 1.37 bits per heavy atom. The molecule has 0 spiro atoms. The Balaban J connectivity index is 2.50. The van der Waals surface area contributed by atoms with Gasteiger partial charge in [0.15, 0.2) is 5.69 Å². The highest BCUT2D eigenvalue weighted by Gasteiger charge is 2.14. The number of carbonyl (C=O) groups is 2. The molecule has 7 nitrogen and oxygen atoms in total. The minimum absolute atomic E-state index is 0.0547. The number of aromatic nitrogens is 1. The first-order valence-electron chi connectivity index (χ1n) is 6.26. The summed E-state index contributed by atoms with van der Waals surface area (Å²) in [5, 5.41) is 2.73. The molecule has 0 radical (unpaired) electrons. The van der Waals surface area contributed by atoms with Crippen molar-refractivity contribution in [2.45, 2.75) is 20.8 Å². The van der Waals surface area contributed by atoms with Crippen molar-refractivity contribution in [2.75, 3.05) is 31.6 Å². The lowest BCUT2D eigenvalue weighted by Gasteiger charge is -2.18. The molecule has 7 heteroatoms. The van der Waals surface area contributed by atoms with Crippen molar-refractivity contribution in [1.82, 2.24) is 9.88 Å². The zero-order valence-electron chi connectivity index (χ0n) is 11.4. The molecule has 0 atom stereocenters. The van der Waals surface area contributed by atoms with Crippen LogP contribution >= 0.6 is 0 Å². The first kappa shape index (κ1) is 15.0. The van der Waals surface area contributed by atoms with E-state index in [1.54, 1.807) is 11.8 Å². The molecule has 1 N–H and O–H groups in total. The number of hydrogen-bond donors (Lipinski definition) is 1. The van der Waals surface area contributed by atoms with Crippen molar-refractivity contribution >= 4 is 17.9 Å². The van der Waals surface area contributed by atoms with Gasteiger partial charge in [-0.15, -0.1) is 0 Å². The average molecular weight is 269 g/mol. The second kappa shape index (κ2) is 7.40. The van der Waals surface area contributed by atoms with E-state index in [0.29, 0.717) is 13.1 Å². The fourth-order valence-corrected chi connectivity index (χ4v) is 1.49.